The molecule has 30 heavy (non-hydrogen) atoms. The van der Waals surface area contributed by atoms with Crippen molar-refractivity contribution < 1.29 is 14.5 Å². The summed E-state index contributed by atoms with van der Waals surface area (Å²) in [7, 11) is 0. The smallest absolute Gasteiger partial charge is 0.296 e. The van der Waals surface area contributed by atoms with Gasteiger partial charge in [-0.2, -0.15) is 0 Å². The minimum absolute atomic E-state index is 0.0480. The Bertz CT molecular complexity index is 1070. The number of aromatic nitrogens is 3. The fourth-order valence-electron chi connectivity index (χ4n) is 2.62. The number of nitrogens with one attached hydrogen (secondary N) is 1. The summed E-state index contributed by atoms with van der Waals surface area (Å²) in [6, 6.07) is 11.9. The number of nitrogen functional groups attached to an aromatic ring is 1. The van der Waals surface area contributed by atoms with Crippen LogP contribution in [0.3, 0.4) is 0 Å². The van der Waals surface area contributed by atoms with Gasteiger partial charge < -0.3 is 15.9 Å². The van der Waals surface area contributed by atoms with E-state index in [1.165, 1.54) is 16.8 Å². The first-order valence-electron chi connectivity index (χ1n) is 9.00. The predicted molar refractivity (Wildman–Crippen MR) is 114 cm³/mol. The van der Waals surface area contributed by atoms with Gasteiger partial charge >= 0.3 is 0 Å². The van der Waals surface area contributed by atoms with E-state index < -0.39 is 10.8 Å². The summed E-state index contributed by atoms with van der Waals surface area (Å²) >= 11 is 1.08. The van der Waals surface area contributed by atoms with Gasteiger partial charge in [-0.05, 0) is 26.0 Å². The molecule has 1 heterocycles. The highest BCUT2D eigenvalue weighted by Gasteiger charge is 2.19. The Morgan fingerprint density at radius 2 is 2.00 bits per heavy atom. The second-order valence-electron chi connectivity index (χ2n) is 6.25. The zero-order valence-electron chi connectivity index (χ0n) is 16.4. The van der Waals surface area contributed by atoms with Crippen LogP contribution >= 0.6 is 11.8 Å². The molecule has 3 aromatic rings. The number of anilines is 1. The third-order valence-corrected chi connectivity index (χ3v) is 5.00. The van der Waals surface area contributed by atoms with Gasteiger partial charge in [-0.25, -0.2) is 4.68 Å². The number of nitrogens with zero attached hydrogens (tertiary/aromatic N) is 4. The largest absolute Gasteiger partial charge is 0.494 e. The van der Waals surface area contributed by atoms with Crippen LogP contribution < -0.4 is 15.9 Å². The normalized spacial score (nSPS) is 10.6. The van der Waals surface area contributed by atoms with Gasteiger partial charge in [-0.15, -0.1) is 10.2 Å². The molecule has 0 saturated carbocycles. The second-order valence-corrected chi connectivity index (χ2v) is 7.19. The van der Waals surface area contributed by atoms with E-state index in [9.17, 15) is 14.9 Å². The van der Waals surface area contributed by atoms with E-state index in [0.717, 1.165) is 22.9 Å². The fourth-order valence-corrected chi connectivity index (χ4v) is 3.27. The number of hydrogen-bond donors (Lipinski definition) is 2. The summed E-state index contributed by atoms with van der Waals surface area (Å²) in [4.78, 5) is 23.0. The minimum Gasteiger partial charge on any atom is -0.494 e. The van der Waals surface area contributed by atoms with E-state index >= 15 is 0 Å². The topological polar surface area (TPSA) is 138 Å². The van der Waals surface area contributed by atoms with Gasteiger partial charge in [0.1, 0.15) is 11.4 Å². The third-order valence-electron chi connectivity index (χ3n) is 4.06. The number of nitrogens with two attached hydrogens (primary N) is 1. The maximum atomic E-state index is 12.3. The van der Waals surface area contributed by atoms with Crippen LogP contribution in [0.2, 0.25) is 0 Å². The highest BCUT2D eigenvalue weighted by Crippen LogP contribution is 2.29. The summed E-state index contributed by atoms with van der Waals surface area (Å²) in [5.41, 5.74) is 1.75. The maximum absolute atomic E-state index is 12.3. The van der Waals surface area contributed by atoms with E-state index in [2.05, 4.69) is 15.5 Å². The molecule has 11 heteroatoms. The number of hydrogen-bond acceptors (Lipinski definition) is 8. The summed E-state index contributed by atoms with van der Waals surface area (Å²) in [6.07, 6.45) is 0. The van der Waals surface area contributed by atoms with Crippen LogP contribution in [0.15, 0.2) is 47.6 Å². The van der Waals surface area contributed by atoms with Crippen LogP contribution in [0.4, 0.5) is 11.4 Å². The van der Waals surface area contributed by atoms with E-state index in [-0.39, 0.29) is 17.1 Å². The summed E-state index contributed by atoms with van der Waals surface area (Å²) in [5, 5.41) is 22.3. The fraction of sp³-hybridized carbons (Fsp3) is 0.211. The van der Waals surface area contributed by atoms with Crippen molar-refractivity contribution in [2.45, 2.75) is 19.0 Å². The number of benzene rings is 2. The standard InChI is InChI=1S/C19H20N6O4S/c1-3-29-14-8-9-15(16(10-14)25(27)28)21-17(26)11-30-19-23-22-18(24(19)20)13-6-4-12(2)5-7-13/h4-10H,3,11,20H2,1-2H3,(H,21,26). The Kier molecular flexibility index (Phi) is 6.52. The van der Waals surface area contributed by atoms with Crippen molar-refractivity contribution in [2.24, 2.45) is 0 Å². The van der Waals surface area contributed by atoms with Gasteiger partial charge in [0.2, 0.25) is 11.1 Å². The van der Waals surface area contributed by atoms with Gasteiger partial charge in [-0.1, -0.05) is 41.6 Å². The number of ether oxygens (including phenoxy) is 1. The van der Waals surface area contributed by atoms with Gasteiger partial charge in [0.05, 0.1) is 23.3 Å². The zero-order valence-corrected chi connectivity index (χ0v) is 17.2. The number of amides is 1. The first-order chi connectivity index (χ1) is 14.4. The van der Waals surface area contributed by atoms with Crippen molar-refractivity contribution in [3.8, 4) is 17.1 Å². The van der Waals surface area contributed by atoms with E-state index in [1.807, 2.05) is 31.2 Å². The number of carbonyl (C=O) groups is 1. The Morgan fingerprint density at radius 1 is 1.27 bits per heavy atom. The summed E-state index contributed by atoms with van der Waals surface area (Å²) < 4.78 is 6.57. The molecule has 0 bridgehead atoms. The van der Waals surface area contributed by atoms with Crippen LogP contribution in [0, 0.1) is 17.0 Å². The lowest BCUT2D eigenvalue weighted by molar-refractivity contribution is -0.384. The number of carbonyl (C=O) groups excluding carboxylic acids is 1. The molecule has 3 rings (SSSR count). The lowest BCUT2D eigenvalue weighted by Crippen LogP contribution is -2.17. The minimum atomic E-state index is -0.574. The Hall–Kier alpha value is -3.60. The van der Waals surface area contributed by atoms with Gasteiger partial charge in [0.15, 0.2) is 5.82 Å². The monoisotopic (exact) mass is 428 g/mol. The lowest BCUT2D eigenvalue weighted by Gasteiger charge is -2.08. The molecule has 1 amide bonds. The highest BCUT2D eigenvalue weighted by molar-refractivity contribution is 7.99. The summed E-state index contributed by atoms with van der Waals surface area (Å²) in [5.74, 6) is 6.40. The second kappa shape index (κ2) is 9.27. The first kappa shape index (κ1) is 21.1. The molecular weight excluding hydrogens is 408 g/mol. The summed E-state index contributed by atoms with van der Waals surface area (Å²) in [6.45, 7) is 4.13. The van der Waals surface area contributed by atoms with Crippen molar-refractivity contribution in [3.05, 3.63) is 58.1 Å². The molecule has 0 fully saturated rings. The number of aryl methyl sites for hydroxylation is 1. The van der Waals surface area contributed by atoms with Crippen LogP contribution in [-0.4, -0.2) is 38.1 Å². The average molecular weight is 428 g/mol. The molecule has 0 unspecified atom stereocenters. The van der Waals surface area contributed by atoms with Gasteiger partial charge in [0, 0.05) is 5.56 Å². The molecule has 0 aliphatic rings. The number of rotatable bonds is 8. The molecule has 0 aliphatic heterocycles. The zero-order chi connectivity index (χ0) is 21.7. The average Bonchev–Trinajstić information content (AvgIpc) is 3.08. The van der Waals surface area contributed by atoms with Gasteiger partial charge in [-0.3, -0.25) is 14.9 Å². The van der Waals surface area contributed by atoms with Gasteiger partial charge in [0.25, 0.3) is 5.69 Å². The quantitative estimate of drug-likeness (QED) is 0.242. The van der Waals surface area contributed by atoms with Crippen LogP contribution in [0.25, 0.3) is 11.4 Å². The molecule has 0 radical (unpaired) electrons. The Balaban J connectivity index is 1.67. The van der Waals surface area contributed by atoms with E-state index in [1.54, 1.807) is 13.0 Å². The lowest BCUT2D eigenvalue weighted by atomic mass is 10.1. The predicted octanol–water partition coefficient (Wildman–Crippen LogP) is 3.01. The Morgan fingerprint density at radius 3 is 2.67 bits per heavy atom. The number of thioether (sulfide) groups is 1. The molecule has 10 nitrogen and oxygen atoms in total. The van der Waals surface area contributed by atoms with Crippen molar-refractivity contribution >= 4 is 29.0 Å². The molecular formula is C19H20N6O4S. The molecule has 0 atom stereocenters. The Labute approximate surface area is 176 Å². The first-order valence-corrected chi connectivity index (χ1v) is 9.99. The molecule has 0 saturated heterocycles. The van der Waals surface area contributed by atoms with Crippen molar-refractivity contribution in [1.82, 2.24) is 14.9 Å². The van der Waals surface area contributed by atoms with Crippen LogP contribution in [0.1, 0.15) is 12.5 Å². The highest BCUT2D eigenvalue weighted by atomic mass is 32.2. The van der Waals surface area contributed by atoms with Crippen molar-refractivity contribution in [3.63, 3.8) is 0 Å². The van der Waals surface area contributed by atoms with Crippen LogP contribution in [0.5, 0.6) is 5.75 Å². The van der Waals surface area contributed by atoms with Crippen molar-refractivity contribution in [2.75, 3.05) is 23.5 Å². The SMILES string of the molecule is CCOc1ccc(NC(=O)CSc2nnc(-c3ccc(C)cc3)n2N)c([N+](=O)[O-])c1. The molecule has 2 aromatic carbocycles. The van der Waals surface area contributed by atoms with E-state index in [0.29, 0.717) is 23.3 Å². The van der Waals surface area contributed by atoms with E-state index in [4.69, 9.17) is 10.6 Å². The molecule has 1 aromatic heterocycles. The number of nitro benzene ring substituents is 1. The third kappa shape index (κ3) is 4.87. The van der Waals surface area contributed by atoms with Crippen molar-refractivity contribution in [1.29, 1.82) is 0 Å². The molecule has 3 N–H and O–H groups in total. The molecule has 0 aliphatic carbocycles. The number of nitro groups is 1. The maximum Gasteiger partial charge on any atom is 0.296 e. The van der Waals surface area contributed by atoms with Crippen LogP contribution in [-0.2, 0) is 4.79 Å². The molecule has 0 spiro atoms. The molecule has 156 valence electrons.